The van der Waals surface area contributed by atoms with Crippen molar-refractivity contribution in [3.63, 3.8) is 0 Å². The van der Waals surface area contributed by atoms with Crippen LogP contribution in [-0.2, 0) is 0 Å². The van der Waals surface area contributed by atoms with E-state index in [0.29, 0.717) is 11.1 Å². The van der Waals surface area contributed by atoms with Crippen molar-refractivity contribution in [2.24, 2.45) is 0 Å². The minimum atomic E-state index is -0.447. The number of nitro groups is 1. The number of hydrogen-bond acceptors (Lipinski definition) is 5. The second-order valence-corrected chi connectivity index (χ2v) is 6.93. The summed E-state index contributed by atoms with van der Waals surface area (Å²) in [6, 6.07) is 12.1. The van der Waals surface area contributed by atoms with Crippen LogP contribution >= 0.6 is 11.3 Å². The fourth-order valence-corrected chi connectivity index (χ4v) is 3.67. The standard InChI is InChI=1S/C18H17N3O3S/c1-11-10-13(8-9-15(11)21(23)24)18(22)20(3)12(2)17-19-14-6-4-5-7-16(14)25-17/h4-10,12H,1-3H3/t12-/m0/s1. The number of aryl methyl sites for hydroxylation is 1. The van der Waals surface area contributed by atoms with Gasteiger partial charge in [-0.2, -0.15) is 0 Å². The van der Waals surface area contributed by atoms with Crippen LogP contribution in [0.5, 0.6) is 0 Å². The van der Waals surface area contributed by atoms with Gasteiger partial charge < -0.3 is 4.90 Å². The maximum Gasteiger partial charge on any atom is 0.272 e. The van der Waals surface area contributed by atoms with Crippen molar-refractivity contribution in [1.82, 2.24) is 9.88 Å². The van der Waals surface area contributed by atoms with Crippen LogP contribution in [0.2, 0.25) is 0 Å². The van der Waals surface area contributed by atoms with Crippen LogP contribution in [0.1, 0.15) is 33.9 Å². The summed E-state index contributed by atoms with van der Waals surface area (Å²) in [6.45, 7) is 3.56. The highest BCUT2D eigenvalue weighted by Gasteiger charge is 2.23. The van der Waals surface area contributed by atoms with E-state index in [1.807, 2.05) is 31.2 Å². The zero-order chi connectivity index (χ0) is 18.1. The number of fused-ring (bicyclic) bond motifs is 1. The molecule has 25 heavy (non-hydrogen) atoms. The third-order valence-electron chi connectivity index (χ3n) is 4.21. The van der Waals surface area contributed by atoms with Gasteiger partial charge >= 0.3 is 0 Å². The monoisotopic (exact) mass is 355 g/mol. The topological polar surface area (TPSA) is 76.3 Å². The molecule has 128 valence electrons. The molecule has 6 nitrogen and oxygen atoms in total. The molecule has 0 bridgehead atoms. The predicted octanol–water partition coefficient (Wildman–Crippen LogP) is 4.35. The molecule has 7 heteroatoms. The molecule has 0 radical (unpaired) electrons. The smallest absolute Gasteiger partial charge is 0.272 e. The first-order valence-electron chi connectivity index (χ1n) is 7.76. The molecule has 3 rings (SSSR count). The average molecular weight is 355 g/mol. The highest BCUT2D eigenvalue weighted by molar-refractivity contribution is 7.18. The summed E-state index contributed by atoms with van der Waals surface area (Å²) in [5.41, 5.74) is 1.83. The van der Waals surface area contributed by atoms with Crippen molar-refractivity contribution in [2.45, 2.75) is 19.9 Å². The van der Waals surface area contributed by atoms with Crippen LogP contribution < -0.4 is 0 Å². The van der Waals surface area contributed by atoms with E-state index in [4.69, 9.17) is 0 Å². The maximum atomic E-state index is 12.7. The number of aromatic nitrogens is 1. The number of nitro benzene ring substituents is 1. The molecule has 1 atom stereocenters. The van der Waals surface area contributed by atoms with Gasteiger partial charge in [-0.1, -0.05) is 12.1 Å². The quantitative estimate of drug-likeness (QED) is 0.515. The second kappa shape index (κ2) is 6.60. The van der Waals surface area contributed by atoms with Crippen LogP contribution in [-0.4, -0.2) is 27.8 Å². The number of amides is 1. The summed E-state index contributed by atoms with van der Waals surface area (Å²) in [5.74, 6) is -0.190. The summed E-state index contributed by atoms with van der Waals surface area (Å²) in [5, 5.41) is 11.8. The Morgan fingerprint density at radius 2 is 2.00 bits per heavy atom. The number of nitrogens with zero attached hydrogens (tertiary/aromatic N) is 3. The third-order valence-corrected chi connectivity index (χ3v) is 5.42. The molecule has 0 aliphatic rings. The fourth-order valence-electron chi connectivity index (χ4n) is 2.61. The van der Waals surface area contributed by atoms with Gasteiger partial charge in [0.15, 0.2) is 0 Å². The van der Waals surface area contributed by atoms with E-state index in [1.54, 1.807) is 36.3 Å². The molecule has 2 aromatic carbocycles. The second-order valence-electron chi connectivity index (χ2n) is 5.87. The lowest BCUT2D eigenvalue weighted by Crippen LogP contribution is -2.29. The Labute approximate surface area is 148 Å². The minimum Gasteiger partial charge on any atom is -0.333 e. The van der Waals surface area contributed by atoms with E-state index in [9.17, 15) is 14.9 Å². The fraction of sp³-hybridized carbons (Fsp3) is 0.222. The molecule has 1 amide bonds. The van der Waals surface area contributed by atoms with Crippen LogP contribution in [0, 0.1) is 17.0 Å². The summed E-state index contributed by atoms with van der Waals surface area (Å²) in [4.78, 5) is 29.4. The Morgan fingerprint density at radius 3 is 2.64 bits per heavy atom. The normalized spacial score (nSPS) is 12.1. The molecule has 1 aromatic heterocycles. The number of rotatable bonds is 4. The number of benzene rings is 2. The van der Waals surface area contributed by atoms with Crippen LogP contribution in [0.3, 0.4) is 0 Å². The average Bonchev–Trinajstić information content (AvgIpc) is 3.03. The van der Waals surface area contributed by atoms with Crippen LogP contribution in [0.15, 0.2) is 42.5 Å². The molecular formula is C18H17N3O3S. The lowest BCUT2D eigenvalue weighted by atomic mass is 10.1. The Kier molecular flexibility index (Phi) is 4.50. The van der Waals surface area contributed by atoms with Crippen molar-refractivity contribution in [1.29, 1.82) is 0 Å². The molecule has 0 saturated carbocycles. The molecule has 0 aliphatic heterocycles. The van der Waals surface area contributed by atoms with Gasteiger partial charge in [-0.3, -0.25) is 14.9 Å². The summed E-state index contributed by atoms with van der Waals surface area (Å²) < 4.78 is 1.08. The van der Waals surface area contributed by atoms with E-state index in [0.717, 1.165) is 15.2 Å². The first-order valence-corrected chi connectivity index (χ1v) is 8.58. The van der Waals surface area contributed by atoms with Crippen molar-refractivity contribution in [3.05, 3.63) is 68.7 Å². The van der Waals surface area contributed by atoms with Gasteiger partial charge in [-0.25, -0.2) is 4.98 Å². The molecule has 0 aliphatic carbocycles. The van der Waals surface area contributed by atoms with E-state index >= 15 is 0 Å². The van der Waals surface area contributed by atoms with Gasteiger partial charge in [0.05, 0.1) is 21.2 Å². The molecule has 3 aromatic rings. The summed E-state index contributed by atoms with van der Waals surface area (Å²) in [6.07, 6.45) is 0. The van der Waals surface area contributed by atoms with Crippen molar-refractivity contribution < 1.29 is 9.72 Å². The Bertz CT molecular complexity index is 934. The van der Waals surface area contributed by atoms with Crippen molar-refractivity contribution in [2.75, 3.05) is 7.05 Å². The van der Waals surface area contributed by atoms with Crippen LogP contribution in [0.4, 0.5) is 5.69 Å². The first kappa shape index (κ1) is 17.0. The Hall–Kier alpha value is -2.80. The lowest BCUT2D eigenvalue weighted by Gasteiger charge is -2.23. The molecule has 0 spiro atoms. The SMILES string of the molecule is Cc1cc(C(=O)N(C)[C@@H](C)c2nc3ccccc3s2)ccc1[N+](=O)[O-]. The Balaban J connectivity index is 1.86. The van der Waals surface area contributed by atoms with E-state index in [1.165, 1.54) is 12.1 Å². The Morgan fingerprint density at radius 1 is 1.28 bits per heavy atom. The number of thiazole rings is 1. The predicted molar refractivity (Wildman–Crippen MR) is 98.0 cm³/mol. The minimum absolute atomic E-state index is 0.0124. The lowest BCUT2D eigenvalue weighted by molar-refractivity contribution is -0.385. The van der Waals surface area contributed by atoms with E-state index in [2.05, 4.69) is 4.98 Å². The largest absolute Gasteiger partial charge is 0.333 e. The van der Waals surface area contributed by atoms with Gasteiger partial charge in [-0.05, 0) is 38.1 Å². The number of carbonyl (C=O) groups excluding carboxylic acids is 1. The molecule has 0 N–H and O–H groups in total. The summed E-state index contributed by atoms with van der Waals surface area (Å²) in [7, 11) is 1.72. The van der Waals surface area contributed by atoms with E-state index < -0.39 is 4.92 Å². The van der Waals surface area contributed by atoms with Gasteiger partial charge in [0.2, 0.25) is 0 Å². The third kappa shape index (κ3) is 3.23. The molecule has 0 unspecified atom stereocenters. The number of carbonyl (C=O) groups is 1. The number of hydrogen-bond donors (Lipinski definition) is 0. The molecular weight excluding hydrogens is 338 g/mol. The molecule has 0 fully saturated rings. The van der Waals surface area contributed by atoms with Crippen molar-refractivity contribution in [3.8, 4) is 0 Å². The van der Waals surface area contributed by atoms with Crippen LogP contribution in [0.25, 0.3) is 10.2 Å². The van der Waals surface area contributed by atoms with Gasteiger partial charge in [0.25, 0.3) is 11.6 Å². The van der Waals surface area contributed by atoms with Crippen molar-refractivity contribution >= 4 is 33.1 Å². The zero-order valence-corrected chi connectivity index (χ0v) is 14.9. The highest BCUT2D eigenvalue weighted by atomic mass is 32.1. The first-order chi connectivity index (χ1) is 11.9. The molecule has 1 heterocycles. The highest BCUT2D eigenvalue weighted by Crippen LogP contribution is 2.30. The maximum absolute atomic E-state index is 12.7. The van der Waals surface area contributed by atoms with Gasteiger partial charge in [0.1, 0.15) is 5.01 Å². The number of para-hydroxylation sites is 1. The van der Waals surface area contributed by atoms with Gasteiger partial charge in [-0.15, -0.1) is 11.3 Å². The van der Waals surface area contributed by atoms with Gasteiger partial charge in [0, 0.05) is 24.2 Å². The van der Waals surface area contributed by atoms with E-state index in [-0.39, 0.29) is 17.6 Å². The summed E-state index contributed by atoms with van der Waals surface area (Å²) >= 11 is 1.56. The molecule has 0 saturated heterocycles. The zero-order valence-electron chi connectivity index (χ0n) is 14.1.